The van der Waals surface area contributed by atoms with Gasteiger partial charge in [-0.2, -0.15) is 0 Å². The van der Waals surface area contributed by atoms with E-state index in [0.717, 1.165) is 19.5 Å². The molecule has 98 valence electrons. The lowest BCUT2D eigenvalue weighted by molar-refractivity contribution is -0.385. The molecule has 1 N–H and O–H groups in total. The van der Waals surface area contributed by atoms with E-state index < -0.39 is 0 Å². The van der Waals surface area contributed by atoms with Crippen LogP contribution in [0.4, 0.5) is 5.69 Å². The van der Waals surface area contributed by atoms with Gasteiger partial charge < -0.3 is 10.2 Å². The van der Waals surface area contributed by atoms with Crippen molar-refractivity contribution < 1.29 is 4.92 Å². The van der Waals surface area contributed by atoms with Gasteiger partial charge in [-0.3, -0.25) is 10.1 Å². The number of likely N-dealkylation sites (N-methyl/N-ethyl adjacent to an activating group) is 1. The average molecular weight is 270 g/mol. The number of hydrogen-bond acceptors (Lipinski definition) is 4. The third kappa shape index (κ3) is 2.98. The van der Waals surface area contributed by atoms with E-state index in [1.54, 1.807) is 12.1 Å². The molecule has 1 unspecified atom stereocenters. The average Bonchev–Trinajstić information content (AvgIpc) is 2.73. The summed E-state index contributed by atoms with van der Waals surface area (Å²) in [6.45, 7) is 2.47. The molecule has 2 rings (SSSR count). The van der Waals surface area contributed by atoms with E-state index in [4.69, 9.17) is 11.6 Å². The van der Waals surface area contributed by atoms with Crippen LogP contribution in [0.25, 0.3) is 0 Å². The monoisotopic (exact) mass is 269 g/mol. The minimum Gasteiger partial charge on any atom is -0.308 e. The van der Waals surface area contributed by atoms with Gasteiger partial charge in [-0.05, 0) is 26.1 Å². The fourth-order valence-electron chi connectivity index (χ4n) is 2.24. The number of nitrogens with zero attached hydrogens (tertiary/aromatic N) is 2. The summed E-state index contributed by atoms with van der Waals surface area (Å²) in [6, 6.07) is 5.16. The van der Waals surface area contributed by atoms with Crippen LogP contribution in [-0.2, 0) is 6.54 Å². The topological polar surface area (TPSA) is 58.4 Å². The maximum atomic E-state index is 10.9. The zero-order chi connectivity index (χ0) is 13.1. The van der Waals surface area contributed by atoms with Gasteiger partial charge >= 0.3 is 0 Å². The Morgan fingerprint density at radius 3 is 3.00 bits per heavy atom. The second-order valence-electron chi connectivity index (χ2n) is 4.62. The summed E-state index contributed by atoms with van der Waals surface area (Å²) in [6.07, 6.45) is 1.06. The van der Waals surface area contributed by atoms with Crippen molar-refractivity contribution in [3.63, 3.8) is 0 Å². The first-order valence-electron chi connectivity index (χ1n) is 5.91. The molecule has 0 spiro atoms. The van der Waals surface area contributed by atoms with Gasteiger partial charge in [0.15, 0.2) is 0 Å². The van der Waals surface area contributed by atoms with E-state index in [2.05, 4.69) is 17.3 Å². The number of benzene rings is 1. The molecule has 1 aliphatic heterocycles. The minimum absolute atomic E-state index is 0.0846. The van der Waals surface area contributed by atoms with E-state index in [1.165, 1.54) is 6.07 Å². The highest BCUT2D eigenvalue weighted by Gasteiger charge is 2.21. The molecule has 18 heavy (non-hydrogen) atoms. The van der Waals surface area contributed by atoms with Gasteiger partial charge in [-0.1, -0.05) is 17.7 Å². The van der Waals surface area contributed by atoms with Crippen LogP contribution in [0.2, 0.25) is 5.02 Å². The van der Waals surface area contributed by atoms with Crippen LogP contribution in [-0.4, -0.2) is 36.0 Å². The summed E-state index contributed by atoms with van der Waals surface area (Å²) in [7, 11) is 2.07. The summed E-state index contributed by atoms with van der Waals surface area (Å²) < 4.78 is 0. The lowest BCUT2D eigenvalue weighted by Gasteiger charge is -2.13. The third-order valence-corrected chi connectivity index (χ3v) is 3.60. The fourth-order valence-corrected chi connectivity index (χ4v) is 2.48. The van der Waals surface area contributed by atoms with Crippen LogP contribution >= 0.6 is 11.6 Å². The summed E-state index contributed by atoms with van der Waals surface area (Å²) in [5.74, 6) is 0. The molecule has 0 aliphatic carbocycles. The molecule has 6 heteroatoms. The van der Waals surface area contributed by atoms with Gasteiger partial charge in [0.1, 0.15) is 0 Å². The molecule has 1 aliphatic rings. The Kier molecular flexibility index (Phi) is 4.16. The highest BCUT2D eigenvalue weighted by atomic mass is 35.5. The second kappa shape index (κ2) is 5.65. The lowest BCUT2D eigenvalue weighted by atomic mass is 10.1. The van der Waals surface area contributed by atoms with Crippen LogP contribution in [0.1, 0.15) is 12.0 Å². The third-order valence-electron chi connectivity index (χ3n) is 3.25. The van der Waals surface area contributed by atoms with Crippen LogP contribution in [0.15, 0.2) is 18.2 Å². The first-order chi connectivity index (χ1) is 8.58. The first kappa shape index (κ1) is 13.3. The number of nitrogens with one attached hydrogen (secondary N) is 1. The number of rotatable bonds is 4. The van der Waals surface area contributed by atoms with E-state index in [9.17, 15) is 10.1 Å². The highest BCUT2D eigenvalue weighted by Crippen LogP contribution is 2.26. The van der Waals surface area contributed by atoms with Gasteiger partial charge in [0, 0.05) is 25.2 Å². The number of hydrogen-bond donors (Lipinski definition) is 1. The van der Waals surface area contributed by atoms with Crippen molar-refractivity contribution in [2.75, 3.05) is 20.1 Å². The quantitative estimate of drug-likeness (QED) is 0.671. The number of likely N-dealkylation sites (tertiary alicyclic amines) is 1. The minimum atomic E-state index is -0.385. The van der Waals surface area contributed by atoms with Crippen molar-refractivity contribution in [1.82, 2.24) is 10.2 Å². The highest BCUT2D eigenvalue weighted by molar-refractivity contribution is 6.31. The molecular formula is C12H16ClN3O2. The number of nitro benzene ring substituents is 1. The van der Waals surface area contributed by atoms with Crippen LogP contribution in [0, 0.1) is 10.1 Å². The van der Waals surface area contributed by atoms with Gasteiger partial charge in [0.2, 0.25) is 0 Å². The smallest absolute Gasteiger partial charge is 0.275 e. The molecule has 1 fully saturated rings. The molecule has 1 aromatic rings. The van der Waals surface area contributed by atoms with Gasteiger partial charge in [-0.15, -0.1) is 0 Å². The first-order valence-corrected chi connectivity index (χ1v) is 6.29. The normalized spacial score (nSPS) is 20.2. The number of nitro groups is 1. The Balaban J connectivity index is 2.06. The van der Waals surface area contributed by atoms with E-state index in [1.807, 2.05) is 0 Å². The molecule has 1 aromatic carbocycles. The maximum Gasteiger partial charge on any atom is 0.275 e. The summed E-state index contributed by atoms with van der Waals surface area (Å²) in [5, 5.41) is 14.7. The molecule has 1 heterocycles. The van der Waals surface area contributed by atoms with Crippen LogP contribution in [0.5, 0.6) is 0 Å². The Labute approximate surface area is 111 Å². The summed E-state index contributed by atoms with van der Waals surface area (Å²) >= 11 is 6.03. The predicted molar refractivity (Wildman–Crippen MR) is 70.8 cm³/mol. The van der Waals surface area contributed by atoms with Gasteiger partial charge in [-0.25, -0.2) is 0 Å². The van der Waals surface area contributed by atoms with E-state index in [-0.39, 0.29) is 10.6 Å². The summed E-state index contributed by atoms with van der Waals surface area (Å²) in [5.41, 5.74) is 0.653. The largest absolute Gasteiger partial charge is 0.308 e. The molecule has 0 aromatic heterocycles. The van der Waals surface area contributed by atoms with E-state index >= 15 is 0 Å². The Morgan fingerprint density at radius 1 is 1.61 bits per heavy atom. The number of halogens is 1. The SMILES string of the molecule is CN1CCC(NCc2c(Cl)cccc2[N+](=O)[O-])C1. The van der Waals surface area contributed by atoms with Crippen molar-refractivity contribution in [2.24, 2.45) is 0 Å². The lowest BCUT2D eigenvalue weighted by Crippen LogP contribution is -2.31. The Bertz CT molecular complexity index is 453. The molecule has 0 amide bonds. The molecule has 5 nitrogen and oxygen atoms in total. The Morgan fingerprint density at radius 2 is 2.39 bits per heavy atom. The fraction of sp³-hybridized carbons (Fsp3) is 0.500. The van der Waals surface area contributed by atoms with Crippen molar-refractivity contribution in [3.05, 3.63) is 38.9 Å². The van der Waals surface area contributed by atoms with Crippen molar-refractivity contribution >= 4 is 17.3 Å². The van der Waals surface area contributed by atoms with Crippen molar-refractivity contribution in [3.8, 4) is 0 Å². The van der Waals surface area contributed by atoms with E-state index in [0.29, 0.717) is 23.2 Å². The van der Waals surface area contributed by atoms with Crippen molar-refractivity contribution in [2.45, 2.75) is 19.0 Å². The zero-order valence-electron chi connectivity index (χ0n) is 10.2. The van der Waals surface area contributed by atoms with Gasteiger partial charge in [0.25, 0.3) is 5.69 Å². The Hall–Kier alpha value is -1.17. The summed E-state index contributed by atoms with van der Waals surface area (Å²) in [4.78, 5) is 12.8. The molecule has 0 saturated carbocycles. The van der Waals surface area contributed by atoms with Crippen LogP contribution < -0.4 is 5.32 Å². The molecule has 1 atom stereocenters. The standard InChI is InChI=1S/C12H16ClN3O2/c1-15-6-5-9(8-15)14-7-10-11(13)3-2-4-12(10)16(17)18/h2-4,9,14H,5-8H2,1H3. The van der Waals surface area contributed by atoms with Crippen molar-refractivity contribution in [1.29, 1.82) is 0 Å². The molecular weight excluding hydrogens is 254 g/mol. The second-order valence-corrected chi connectivity index (χ2v) is 5.03. The van der Waals surface area contributed by atoms with Gasteiger partial charge in [0.05, 0.1) is 15.5 Å². The predicted octanol–water partition coefficient (Wildman–Crippen LogP) is 2.04. The molecule has 1 saturated heterocycles. The molecule has 0 radical (unpaired) electrons. The zero-order valence-corrected chi connectivity index (χ0v) is 11.0. The van der Waals surface area contributed by atoms with Crippen LogP contribution in [0.3, 0.4) is 0 Å². The maximum absolute atomic E-state index is 10.9. The molecule has 0 bridgehead atoms.